The molecule has 18 heteroatoms. The Kier molecular flexibility index (Phi) is 15.6. The number of benzene rings is 3. The topological polar surface area (TPSA) is 193 Å². The second-order valence-corrected chi connectivity index (χ2v) is 22.1. The van der Waals surface area contributed by atoms with Crippen molar-refractivity contribution in [1.29, 1.82) is 0 Å². The van der Waals surface area contributed by atoms with Gasteiger partial charge in [0.15, 0.2) is 5.82 Å². The zero-order valence-electron chi connectivity index (χ0n) is 41.8. The van der Waals surface area contributed by atoms with Crippen LogP contribution in [0.4, 0.5) is 0 Å². The third-order valence-electron chi connectivity index (χ3n) is 13.0. The molecule has 4 amide bonds. The molecule has 6 atom stereocenters. The van der Waals surface area contributed by atoms with Gasteiger partial charge in [-0.1, -0.05) is 80.9 Å². The van der Waals surface area contributed by atoms with Crippen LogP contribution in [-0.2, 0) is 19.2 Å². The van der Waals surface area contributed by atoms with Gasteiger partial charge >= 0.3 is 0 Å². The lowest BCUT2D eigenvalue weighted by atomic mass is 9.85. The molecule has 1 unspecified atom stereocenters. The molecule has 0 spiro atoms. The van der Waals surface area contributed by atoms with E-state index in [9.17, 15) is 24.3 Å². The number of aliphatic hydroxyl groups excluding tert-OH is 1. The van der Waals surface area contributed by atoms with Gasteiger partial charge in [-0.25, -0.2) is 4.98 Å². The van der Waals surface area contributed by atoms with E-state index in [2.05, 4.69) is 45.0 Å². The Labute approximate surface area is 432 Å². The first-order valence-corrected chi connectivity index (χ1v) is 26.0. The first-order valence-electron chi connectivity index (χ1n) is 23.9. The van der Waals surface area contributed by atoms with Crippen molar-refractivity contribution in [3.8, 4) is 21.2 Å². The number of nitrogens with zero attached hydrogens (tertiary/aromatic N) is 6. The zero-order chi connectivity index (χ0) is 51.6. The highest BCUT2D eigenvalue weighted by Crippen LogP contribution is 2.40. The number of aliphatic imine (C=N–C) groups is 1. The minimum Gasteiger partial charge on any atom is -0.489 e. The number of thiophene rings is 1. The summed E-state index contributed by atoms with van der Waals surface area (Å²) in [4.78, 5) is 68.4. The lowest BCUT2D eigenvalue weighted by molar-refractivity contribution is -0.143. The van der Waals surface area contributed by atoms with E-state index in [0.29, 0.717) is 28.0 Å². The van der Waals surface area contributed by atoms with Crippen LogP contribution in [0.25, 0.3) is 21.5 Å². The lowest BCUT2D eigenvalue weighted by Crippen LogP contribution is -2.57. The number of hydrogen-bond donors (Lipinski definition) is 4. The van der Waals surface area contributed by atoms with Crippen molar-refractivity contribution in [2.75, 3.05) is 13.1 Å². The molecule has 376 valence electrons. The Morgan fingerprint density at radius 3 is 2.38 bits per heavy atom. The Hall–Kier alpha value is -6.53. The number of carbonyl (C=O) groups is 4. The second kappa shape index (κ2) is 21.7. The van der Waals surface area contributed by atoms with E-state index in [-0.39, 0.29) is 43.8 Å². The number of nitrogens with one attached hydrogen (secondary N) is 3. The van der Waals surface area contributed by atoms with Crippen molar-refractivity contribution in [2.45, 2.75) is 112 Å². The van der Waals surface area contributed by atoms with Crippen LogP contribution in [0.15, 0.2) is 89.4 Å². The summed E-state index contributed by atoms with van der Waals surface area (Å²) >= 11 is 9.49. The molecule has 15 nitrogen and oxygen atoms in total. The molecule has 3 aromatic carbocycles. The molecule has 3 aromatic heterocycles. The molecule has 0 saturated carbocycles. The monoisotopic (exact) mass is 1030 g/mol. The van der Waals surface area contributed by atoms with Gasteiger partial charge < -0.3 is 30.7 Å². The minimum absolute atomic E-state index is 0.0268. The van der Waals surface area contributed by atoms with Crippen LogP contribution in [0.3, 0.4) is 0 Å². The lowest BCUT2D eigenvalue weighted by Gasteiger charge is -2.35. The summed E-state index contributed by atoms with van der Waals surface area (Å²) in [5, 5.41) is 30.1. The second-order valence-electron chi connectivity index (χ2n) is 19.6. The highest BCUT2D eigenvalue weighted by atomic mass is 35.5. The molecule has 5 heterocycles. The standard InChI is InChI=1S/C54H60ClN9O6S2/c1-29(26-56-45(67)25-42-50-62-61-34(6)64(50)53-46(30(2)33(5)72-53)47(59-42)37-18-20-39(55)21-19-37)70-41-12-10-11-35(23-41)13-22-44(66)60-49(54(7,8)9)52(69)63-27-40(65)24-43(63)51(68)58-31(3)36-14-16-38(17-15-36)48-32(4)57-28-71-48/h10-23,28-29,31,40,42-43,49,65H,24-27H2,1-9H3,(H,56,67)(H,58,68)(H,60,66)/b22-13+/t29-,31-,40+,42-,43-,49?/m0/s1. The molecular formula is C54H60ClN9O6S2. The molecule has 72 heavy (non-hydrogen) atoms. The number of halogens is 1. The molecular weight excluding hydrogens is 970 g/mol. The van der Waals surface area contributed by atoms with Crippen molar-refractivity contribution >= 4 is 69.7 Å². The number of likely N-dealkylation sites (tertiary alicyclic amines) is 1. The Balaban J connectivity index is 0.868. The average Bonchev–Trinajstić information content (AvgIpc) is 4.11. The van der Waals surface area contributed by atoms with Crippen molar-refractivity contribution in [3.63, 3.8) is 0 Å². The maximum atomic E-state index is 14.3. The molecule has 8 rings (SSSR count). The van der Waals surface area contributed by atoms with E-state index >= 15 is 0 Å². The van der Waals surface area contributed by atoms with Crippen molar-refractivity contribution in [3.05, 3.63) is 139 Å². The number of aliphatic hydroxyl groups is 1. The Bertz CT molecular complexity index is 3050. The summed E-state index contributed by atoms with van der Waals surface area (Å²) in [6.07, 6.45) is 1.74. The maximum absolute atomic E-state index is 14.3. The van der Waals surface area contributed by atoms with Crippen molar-refractivity contribution in [1.82, 2.24) is 40.6 Å². The fraction of sp³-hybridized carbons (Fsp3) is 0.370. The van der Waals surface area contributed by atoms with Gasteiger partial charge in [0.25, 0.3) is 0 Å². The Morgan fingerprint density at radius 2 is 1.68 bits per heavy atom. The van der Waals surface area contributed by atoms with Crippen LogP contribution in [-0.4, -0.2) is 96.5 Å². The molecule has 2 aliphatic rings. The summed E-state index contributed by atoms with van der Waals surface area (Å²) < 4.78 is 8.22. The number of β-amino-alcohol motifs (C(OH)–C–C–N with tert-alkyl or cyclic N) is 1. The minimum atomic E-state index is -1.01. The molecule has 1 saturated heterocycles. The third-order valence-corrected chi connectivity index (χ3v) is 15.4. The van der Waals surface area contributed by atoms with Gasteiger partial charge in [0.2, 0.25) is 23.6 Å². The van der Waals surface area contributed by atoms with Crippen molar-refractivity contribution < 1.29 is 29.0 Å². The number of carbonyl (C=O) groups excluding carboxylic acids is 4. The number of rotatable bonds is 15. The van der Waals surface area contributed by atoms with E-state index in [1.165, 1.54) is 11.0 Å². The number of thiazole rings is 1. The molecule has 6 aromatic rings. The Morgan fingerprint density at radius 1 is 0.958 bits per heavy atom. The van der Waals surface area contributed by atoms with Crippen LogP contribution in [0.5, 0.6) is 5.75 Å². The molecule has 1 fully saturated rings. The summed E-state index contributed by atoms with van der Waals surface area (Å²) in [5.41, 5.74) is 8.36. The van der Waals surface area contributed by atoms with E-state index in [1.54, 1.807) is 46.9 Å². The van der Waals surface area contributed by atoms with Gasteiger partial charge in [-0.05, 0) is 99.6 Å². The van der Waals surface area contributed by atoms with Gasteiger partial charge in [-0.3, -0.25) is 28.7 Å². The van der Waals surface area contributed by atoms with Crippen LogP contribution in [0, 0.1) is 33.1 Å². The van der Waals surface area contributed by atoms with Crippen LogP contribution in [0.1, 0.15) is 110 Å². The predicted octanol–water partition coefficient (Wildman–Crippen LogP) is 8.59. The average molecular weight is 1030 g/mol. The number of amides is 4. The SMILES string of the molecule is Cc1ncsc1-c1ccc([C@H](C)NC(=O)[C@@H]2C[C@@H](O)CN2C(=O)C(NC(=O)/C=C/c2cccc(O[C@@H](C)CNC(=O)C[C@@H]3N=C(c4ccc(Cl)cc4)c4c(sc(C)c4C)-n4c(C)nnc43)c2)C(C)(C)C)cc1. The number of ether oxygens (including phenoxy) is 1. The van der Waals surface area contributed by atoms with Gasteiger partial charge in [0.05, 0.1) is 46.9 Å². The van der Waals surface area contributed by atoms with E-state index in [1.807, 2.05) is 113 Å². The smallest absolute Gasteiger partial charge is 0.246 e. The van der Waals surface area contributed by atoms with E-state index in [0.717, 1.165) is 54.0 Å². The fourth-order valence-corrected chi connectivity index (χ4v) is 11.1. The normalized spacial score (nSPS) is 17.8. The highest BCUT2D eigenvalue weighted by molar-refractivity contribution is 7.15. The van der Waals surface area contributed by atoms with Crippen LogP contribution < -0.4 is 20.7 Å². The quantitative estimate of drug-likeness (QED) is 0.0730. The van der Waals surface area contributed by atoms with Gasteiger partial charge in [-0.15, -0.1) is 32.9 Å². The summed E-state index contributed by atoms with van der Waals surface area (Å²) in [7, 11) is 0. The highest BCUT2D eigenvalue weighted by Gasteiger charge is 2.45. The first-order chi connectivity index (χ1) is 34.2. The summed E-state index contributed by atoms with van der Waals surface area (Å²) in [6.45, 7) is 17.4. The number of aryl methyl sites for hydroxylation is 3. The van der Waals surface area contributed by atoms with Gasteiger partial charge in [0, 0.05) is 40.1 Å². The number of fused-ring (bicyclic) bond motifs is 3. The zero-order valence-corrected chi connectivity index (χ0v) is 44.2. The third kappa shape index (κ3) is 11.5. The largest absolute Gasteiger partial charge is 0.489 e. The fourth-order valence-electron chi connectivity index (χ4n) is 8.98. The predicted molar refractivity (Wildman–Crippen MR) is 283 cm³/mol. The van der Waals surface area contributed by atoms with E-state index < -0.39 is 47.6 Å². The molecule has 2 aliphatic heterocycles. The molecule has 0 bridgehead atoms. The van der Waals surface area contributed by atoms with Gasteiger partial charge in [-0.2, -0.15) is 0 Å². The maximum Gasteiger partial charge on any atom is 0.246 e. The van der Waals surface area contributed by atoms with Crippen LogP contribution >= 0.6 is 34.3 Å². The molecule has 0 radical (unpaired) electrons. The van der Waals surface area contributed by atoms with E-state index in [4.69, 9.17) is 21.3 Å². The first kappa shape index (κ1) is 51.8. The number of hydrogen-bond acceptors (Lipinski definition) is 12. The summed E-state index contributed by atoms with van der Waals surface area (Å²) in [6, 6.07) is 19.7. The van der Waals surface area contributed by atoms with Gasteiger partial charge in [0.1, 0.15) is 40.8 Å². The summed E-state index contributed by atoms with van der Waals surface area (Å²) in [5.74, 6) is 0.234. The number of aromatic nitrogens is 4. The van der Waals surface area contributed by atoms with Crippen LogP contribution in [0.2, 0.25) is 5.02 Å². The molecule has 4 N–H and O–H groups in total. The molecule has 0 aliphatic carbocycles. The van der Waals surface area contributed by atoms with Crippen molar-refractivity contribution in [2.24, 2.45) is 10.4 Å².